The molecule has 0 radical (unpaired) electrons. The third-order valence-electron chi connectivity index (χ3n) is 5.07. The van der Waals surface area contributed by atoms with Crippen LogP contribution in [0.25, 0.3) is 27.0 Å². The molecule has 5 rings (SSSR count). The zero-order valence-electron chi connectivity index (χ0n) is 15.5. The molecule has 0 N–H and O–H groups in total. The van der Waals surface area contributed by atoms with E-state index in [0.717, 1.165) is 16.0 Å². The van der Waals surface area contributed by atoms with E-state index < -0.39 is 0 Å². The Bertz CT molecular complexity index is 1550. The largest absolute Gasteiger partial charge is 0.288 e. The number of benzene rings is 3. The molecule has 0 spiro atoms. The summed E-state index contributed by atoms with van der Waals surface area (Å²) >= 11 is 13.6. The Morgan fingerprint density at radius 1 is 0.967 bits per heavy atom. The van der Waals surface area contributed by atoms with E-state index in [1.165, 1.54) is 17.4 Å². The molecule has 0 atom stereocenters. The van der Waals surface area contributed by atoms with Gasteiger partial charge in [-0.2, -0.15) is 0 Å². The molecule has 0 amide bonds. The van der Waals surface area contributed by atoms with E-state index in [2.05, 4.69) is 0 Å². The smallest absolute Gasteiger partial charge is 0.261 e. The van der Waals surface area contributed by atoms with Gasteiger partial charge in [-0.15, -0.1) is 11.3 Å². The number of halogens is 2. The second kappa shape index (κ2) is 7.47. The molecule has 0 bridgehead atoms. The zero-order chi connectivity index (χ0) is 20.8. The topological polar surface area (TPSA) is 26.4 Å². The van der Waals surface area contributed by atoms with E-state index in [9.17, 15) is 9.18 Å². The van der Waals surface area contributed by atoms with Crippen molar-refractivity contribution in [1.82, 2.24) is 8.97 Å². The van der Waals surface area contributed by atoms with E-state index >= 15 is 0 Å². The standard InChI is InChI=1S/C23H14ClFN2OS2/c24-17-10-4-2-8-15(17)20-21-26(13-14-7-1-5-11-18(14)25)22(28)16-9-3-6-12-19(16)27(21)23(29)30-20/h1-12H,13H2. The summed E-state index contributed by atoms with van der Waals surface area (Å²) < 4.78 is 18.5. The van der Waals surface area contributed by atoms with Crippen molar-refractivity contribution >= 4 is 51.7 Å². The number of hydrogen-bond acceptors (Lipinski definition) is 3. The third-order valence-corrected chi connectivity index (χ3v) is 6.79. The number of aromatic nitrogens is 2. The molecule has 0 aliphatic rings. The summed E-state index contributed by atoms with van der Waals surface area (Å²) in [6, 6.07) is 21.2. The van der Waals surface area contributed by atoms with Gasteiger partial charge in [-0.1, -0.05) is 60.1 Å². The number of fused-ring (bicyclic) bond motifs is 3. The first-order valence-electron chi connectivity index (χ1n) is 9.21. The highest BCUT2D eigenvalue weighted by Crippen LogP contribution is 2.37. The zero-order valence-corrected chi connectivity index (χ0v) is 17.9. The second-order valence-electron chi connectivity index (χ2n) is 6.84. The first-order chi connectivity index (χ1) is 14.6. The summed E-state index contributed by atoms with van der Waals surface area (Å²) in [7, 11) is 0. The van der Waals surface area contributed by atoms with Crippen molar-refractivity contribution in [3.05, 3.63) is 104 Å². The molecular weight excluding hydrogens is 439 g/mol. The first-order valence-corrected chi connectivity index (χ1v) is 10.8. The lowest BCUT2D eigenvalue weighted by molar-refractivity contribution is 0.599. The number of hydrogen-bond donors (Lipinski definition) is 0. The predicted molar refractivity (Wildman–Crippen MR) is 124 cm³/mol. The summed E-state index contributed by atoms with van der Waals surface area (Å²) in [5.41, 5.74) is 2.36. The minimum atomic E-state index is -0.358. The third kappa shape index (κ3) is 2.99. The summed E-state index contributed by atoms with van der Waals surface area (Å²) in [4.78, 5) is 14.3. The SMILES string of the molecule is O=c1c2ccccc2n2c(=S)sc(-c3ccccc3Cl)c2n1Cc1ccccc1F. The number of thiazole rings is 1. The van der Waals surface area contributed by atoms with Crippen molar-refractivity contribution in [3.63, 3.8) is 0 Å². The molecule has 3 nitrogen and oxygen atoms in total. The van der Waals surface area contributed by atoms with Crippen LogP contribution < -0.4 is 5.56 Å². The van der Waals surface area contributed by atoms with Crippen LogP contribution in [0.2, 0.25) is 5.02 Å². The van der Waals surface area contributed by atoms with Crippen molar-refractivity contribution in [2.75, 3.05) is 0 Å². The molecule has 0 fully saturated rings. The number of rotatable bonds is 3. The molecule has 7 heteroatoms. The molecule has 0 saturated heterocycles. The van der Waals surface area contributed by atoms with Crippen LogP contribution in [0, 0.1) is 9.77 Å². The Kier molecular flexibility index (Phi) is 4.77. The van der Waals surface area contributed by atoms with Crippen LogP contribution in [0.15, 0.2) is 77.6 Å². The lowest BCUT2D eigenvalue weighted by Gasteiger charge is -2.14. The minimum Gasteiger partial charge on any atom is -0.288 e. The van der Waals surface area contributed by atoms with Crippen molar-refractivity contribution < 1.29 is 4.39 Å². The van der Waals surface area contributed by atoms with E-state index in [1.807, 2.05) is 40.8 Å². The fraction of sp³-hybridized carbons (Fsp3) is 0.0435. The lowest BCUT2D eigenvalue weighted by Crippen LogP contribution is -2.24. The lowest BCUT2D eigenvalue weighted by atomic mass is 10.1. The summed E-state index contributed by atoms with van der Waals surface area (Å²) in [6.07, 6.45) is 0. The summed E-state index contributed by atoms with van der Waals surface area (Å²) in [6.45, 7) is 0.0861. The Morgan fingerprint density at radius 3 is 2.47 bits per heavy atom. The van der Waals surface area contributed by atoms with Gasteiger partial charge < -0.3 is 0 Å². The Morgan fingerprint density at radius 2 is 1.67 bits per heavy atom. The van der Waals surface area contributed by atoms with Crippen molar-refractivity contribution in [1.29, 1.82) is 0 Å². The summed E-state index contributed by atoms with van der Waals surface area (Å²) in [5.74, 6) is -0.358. The van der Waals surface area contributed by atoms with Crippen LogP contribution >= 0.6 is 35.2 Å². The molecule has 0 saturated carbocycles. The van der Waals surface area contributed by atoms with Gasteiger partial charge in [0.15, 0.2) is 3.95 Å². The molecule has 5 aromatic rings. The molecule has 2 heterocycles. The fourth-order valence-electron chi connectivity index (χ4n) is 3.68. The average Bonchev–Trinajstić information content (AvgIpc) is 3.09. The van der Waals surface area contributed by atoms with E-state index in [0.29, 0.717) is 25.6 Å². The van der Waals surface area contributed by atoms with Crippen molar-refractivity contribution in [3.8, 4) is 10.4 Å². The Hall–Kier alpha value is -2.80. The normalized spacial score (nSPS) is 11.4. The molecule has 0 unspecified atom stereocenters. The van der Waals surface area contributed by atoms with Crippen molar-refractivity contribution in [2.24, 2.45) is 0 Å². The van der Waals surface area contributed by atoms with E-state index in [1.54, 1.807) is 34.9 Å². The van der Waals surface area contributed by atoms with Crippen LogP contribution in [0.1, 0.15) is 5.56 Å². The van der Waals surface area contributed by atoms with Gasteiger partial charge in [-0.25, -0.2) is 4.39 Å². The van der Waals surface area contributed by atoms with Crippen molar-refractivity contribution in [2.45, 2.75) is 6.54 Å². The molecule has 148 valence electrons. The highest BCUT2D eigenvalue weighted by Gasteiger charge is 2.20. The quantitative estimate of drug-likeness (QED) is 0.290. The van der Waals surface area contributed by atoms with Gasteiger partial charge in [0.25, 0.3) is 5.56 Å². The summed E-state index contributed by atoms with van der Waals surface area (Å²) in [5, 5.41) is 1.09. The monoisotopic (exact) mass is 452 g/mol. The number of para-hydroxylation sites is 1. The van der Waals surface area contributed by atoms with Crippen LogP contribution in [-0.4, -0.2) is 8.97 Å². The minimum absolute atomic E-state index is 0.0861. The van der Waals surface area contributed by atoms with Crippen LogP contribution in [0.5, 0.6) is 0 Å². The van der Waals surface area contributed by atoms with Gasteiger partial charge in [0.05, 0.1) is 22.3 Å². The van der Waals surface area contributed by atoms with Gasteiger partial charge in [0, 0.05) is 16.1 Å². The maximum atomic E-state index is 14.5. The van der Waals surface area contributed by atoms with Gasteiger partial charge in [0.2, 0.25) is 0 Å². The maximum Gasteiger partial charge on any atom is 0.261 e. The van der Waals surface area contributed by atoms with Gasteiger partial charge in [0.1, 0.15) is 11.5 Å². The molecule has 0 aliphatic heterocycles. The van der Waals surface area contributed by atoms with Gasteiger partial charge in [-0.05, 0) is 36.5 Å². The van der Waals surface area contributed by atoms with Crippen LogP contribution in [-0.2, 0) is 6.54 Å². The second-order valence-corrected chi connectivity index (χ2v) is 8.89. The van der Waals surface area contributed by atoms with Crippen LogP contribution in [0.4, 0.5) is 4.39 Å². The highest BCUT2D eigenvalue weighted by molar-refractivity contribution is 7.73. The average molecular weight is 453 g/mol. The predicted octanol–water partition coefficient (Wildman–Crippen LogP) is 6.55. The molecule has 2 aromatic heterocycles. The molecule has 3 aromatic carbocycles. The first kappa shape index (κ1) is 19.2. The fourth-order valence-corrected chi connectivity index (χ4v) is 5.43. The van der Waals surface area contributed by atoms with E-state index in [4.69, 9.17) is 23.8 Å². The molecular formula is C23H14ClFN2OS2. The highest BCUT2D eigenvalue weighted by atomic mass is 35.5. The number of nitrogens with zero attached hydrogens (tertiary/aromatic N) is 2. The van der Waals surface area contributed by atoms with Crippen LogP contribution in [0.3, 0.4) is 0 Å². The van der Waals surface area contributed by atoms with Gasteiger partial charge in [-0.3, -0.25) is 13.8 Å². The Labute approximate surface area is 185 Å². The maximum absolute atomic E-state index is 14.5. The molecule has 0 aliphatic carbocycles. The van der Waals surface area contributed by atoms with Gasteiger partial charge >= 0.3 is 0 Å². The molecule has 30 heavy (non-hydrogen) atoms. The Balaban J connectivity index is 1.95. The van der Waals surface area contributed by atoms with E-state index in [-0.39, 0.29) is 17.9 Å².